The number of ether oxygens (including phenoxy) is 1. The van der Waals surface area contributed by atoms with Gasteiger partial charge in [-0.15, -0.1) is 5.10 Å². The van der Waals surface area contributed by atoms with Crippen molar-refractivity contribution in [2.24, 2.45) is 0 Å². The first-order chi connectivity index (χ1) is 11.5. The average molecular weight is 362 g/mol. The number of halogens is 2. The summed E-state index contributed by atoms with van der Waals surface area (Å²) in [6.45, 7) is 1.77. The molecule has 0 fully saturated rings. The van der Waals surface area contributed by atoms with Crippen molar-refractivity contribution in [1.82, 2.24) is 15.0 Å². The molecule has 3 rings (SSSR count). The molecule has 0 unspecified atom stereocenters. The lowest BCUT2D eigenvalue weighted by Crippen LogP contribution is -2.05. The predicted molar refractivity (Wildman–Crippen MR) is 92.5 cm³/mol. The van der Waals surface area contributed by atoms with Crippen LogP contribution in [0.5, 0.6) is 5.75 Å². The van der Waals surface area contributed by atoms with Gasteiger partial charge < -0.3 is 4.74 Å². The first-order valence-electron chi connectivity index (χ1n) is 7.07. The van der Waals surface area contributed by atoms with Gasteiger partial charge in [0.2, 0.25) is 5.78 Å². The van der Waals surface area contributed by atoms with Crippen LogP contribution in [0.4, 0.5) is 0 Å². The first kappa shape index (κ1) is 16.5. The molecule has 7 heteroatoms. The summed E-state index contributed by atoms with van der Waals surface area (Å²) in [6, 6.07) is 11.9. The zero-order valence-corrected chi connectivity index (χ0v) is 14.5. The van der Waals surface area contributed by atoms with Gasteiger partial charge in [-0.2, -0.15) is 0 Å². The molecule has 0 amide bonds. The molecular weight excluding hydrogens is 349 g/mol. The molecular formula is C17H13Cl2N3O2. The molecule has 1 heterocycles. The van der Waals surface area contributed by atoms with Crippen molar-refractivity contribution >= 4 is 29.0 Å². The first-order valence-corrected chi connectivity index (χ1v) is 7.82. The molecule has 0 N–H and O–H groups in total. The highest BCUT2D eigenvalue weighted by atomic mass is 35.5. The van der Waals surface area contributed by atoms with Crippen LogP contribution in [0, 0.1) is 6.92 Å². The lowest BCUT2D eigenvalue weighted by Gasteiger charge is -2.05. The van der Waals surface area contributed by atoms with Gasteiger partial charge in [-0.1, -0.05) is 28.4 Å². The van der Waals surface area contributed by atoms with Gasteiger partial charge in [-0.25, -0.2) is 4.68 Å². The molecule has 122 valence electrons. The van der Waals surface area contributed by atoms with Gasteiger partial charge in [-0.3, -0.25) is 4.79 Å². The fourth-order valence-corrected chi connectivity index (χ4v) is 2.84. The van der Waals surface area contributed by atoms with Gasteiger partial charge in [0.1, 0.15) is 5.75 Å². The van der Waals surface area contributed by atoms with Crippen LogP contribution in [0.1, 0.15) is 21.7 Å². The van der Waals surface area contributed by atoms with Crippen LogP contribution in [0.15, 0.2) is 42.5 Å². The van der Waals surface area contributed by atoms with Crippen molar-refractivity contribution in [2.45, 2.75) is 6.92 Å². The number of carbonyl (C=O) groups excluding carboxylic acids is 1. The van der Waals surface area contributed by atoms with E-state index in [2.05, 4.69) is 10.3 Å². The third kappa shape index (κ3) is 3.13. The summed E-state index contributed by atoms with van der Waals surface area (Å²) in [6.07, 6.45) is 0. The summed E-state index contributed by atoms with van der Waals surface area (Å²) in [5.74, 6) is 0.468. The number of benzene rings is 2. The quantitative estimate of drug-likeness (QED) is 0.655. The third-order valence-electron chi connectivity index (χ3n) is 3.55. The number of nitrogens with zero attached hydrogens (tertiary/aromatic N) is 3. The van der Waals surface area contributed by atoms with Crippen LogP contribution in [0.25, 0.3) is 5.69 Å². The summed E-state index contributed by atoms with van der Waals surface area (Å²) in [5.41, 5.74) is 2.03. The summed E-state index contributed by atoms with van der Waals surface area (Å²) < 4.78 is 6.63. The Hall–Kier alpha value is -2.37. The summed E-state index contributed by atoms with van der Waals surface area (Å²) in [5, 5.41) is 9.03. The van der Waals surface area contributed by atoms with Gasteiger partial charge in [-0.05, 0) is 49.4 Å². The molecule has 5 nitrogen and oxygen atoms in total. The summed E-state index contributed by atoms with van der Waals surface area (Å²) in [7, 11) is 1.57. The largest absolute Gasteiger partial charge is 0.497 e. The Morgan fingerprint density at radius 1 is 1.08 bits per heavy atom. The number of hydrogen-bond donors (Lipinski definition) is 0. The van der Waals surface area contributed by atoms with Gasteiger partial charge in [0.05, 0.1) is 18.5 Å². The Bertz CT molecular complexity index is 884. The van der Waals surface area contributed by atoms with E-state index in [1.807, 2.05) is 0 Å². The van der Waals surface area contributed by atoms with Crippen LogP contribution in [-0.4, -0.2) is 27.9 Å². The Morgan fingerprint density at radius 2 is 1.71 bits per heavy atom. The van der Waals surface area contributed by atoms with E-state index in [1.54, 1.807) is 56.5 Å². The van der Waals surface area contributed by atoms with Crippen molar-refractivity contribution < 1.29 is 9.53 Å². The second-order valence-electron chi connectivity index (χ2n) is 5.12. The second kappa shape index (κ2) is 6.63. The maximum Gasteiger partial charge on any atom is 0.215 e. The monoisotopic (exact) mass is 361 g/mol. The molecule has 0 atom stereocenters. The van der Waals surface area contributed by atoms with E-state index in [9.17, 15) is 4.79 Å². The van der Waals surface area contributed by atoms with Crippen LogP contribution < -0.4 is 4.74 Å². The molecule has 1 aromatic heterocycles. The zero-order chi connectivity index (χ0) is 17.3. The minimum absolute atomic E-state index is 0.213. The van der Waals surface area contributed by atoms with Gasteiger partial charge >= 0.3 is 0 Å². The number of ketones is 1. The van der Waals surface area contributed by atoms with E-state index < -0.39 is 0 Å². The number of carbonyl (C=O) groups is 1. The molecule has 0 saturated carbocycles. The fourth-order valence-electron chi connectivity index (χ4n) is 2.32. The number of rotatable bonds is 4. The number of hydrogen-bond acceptors (Lipinski definition) is 4. The summed E-state index contributed by atoms with van der Waals surface area (Å²) in [4.78, 5) is 12.6. The Labute approximate surface area is 148 Å². The van der Waals surface area contributed by atoms with Gasteiger partial charge in [0.25, 0.3) is 0 Å². The zero-order valence-electron chi connectivity index (χ0n) is 13.0. The van der Waals surface area contributed by atoms with Crippen LogP contribution in [0.3, 0.4) is 0 Å². The fraction of sp³-hybridized carbons (Fsp3) is 0.118. The van der Waals surface area contributed by atoms with E-state index in [-0.39, 0.29) is 11.5 Å². The van der Waals surface area contributed by atoms with Gasteiger partial charge in [0.15, 0.2) is 5.69 Å². The average Bonchev–Trinajstić information content (AvgIpc) is 2.95. The van der Waals surface area contributed by atoms with E-state index in [0.717, 1.165) is 0 Å². The molecule has 24 heavy (non-hydrogen) atoms. The van der Waals surface area contributed by atoms with E-state index in [1.165, 1.54) is 4.68 Å². The minimum Gasteiger partial charge on any atom is -0.497 e. The predicted octanol–water partition coefficient (Wildman–Crippen LogP) is 4.12. The third-order valence-corrected chi connectivity index (χ3v) is 3.99. The highest BCUT2D eigenvalue weighted by molar-refractivity contribution is 6.34. The molecule has 0 aliphatic carbocycles. The maximum absolute atomic E-state index is 12.6. The smallest absolute Gasteiger partial charge is 0.215 e. The molecule has 3 aromatic rings. The maximum atomic E-state index is 12.6. The van der Waals surface area contributed by atoms with Crippen molar-refractivity contribution in [3.8, 4) is 11.4 Å². The van der Waals surface area contributed by atoms with Crippen molar-refractivity contribution in [2.75, 3.05) is 7.11 Å². The van der Waals surface area contributed by atoms with Crippen LogP contribution in [-0.2, 0) is 0 Å². The highest BCUT2D eigenvalue weighted by Crippen LogP contribution is 2.23. The molecule has 0 spiro atoms. The van der Waals surface area contributed by atoms with Crippen molar-refractivity contribution in [3.05, 3.63) is 69.5 Å². The Balaban J connectivity index is 1.98. The standard InChI is InChI=1S/C17H13Cl2N3O2/c1-10-16(17(23)11-3-5-15(24-2)6-4-11)20-21-22(10)14-8-12(18)7-13(19)9-14/h3-9H,1-2H3. The minimum atomic E-state index is -0.213. The topological polar surface area (TPSA) is 57.0 Å². The lowest BCUT2D eigenvalue weighted by atomic mass is 10.1. The van der Waals surface area contributed by atoms with E-state index in [0.29, 0.717) is 32.7 Å². The van der Waals surface area contributed by atoms with E-state index in [4.69, 9.17) is 27.9 Å². The summed E-state index contributed by atoms with van der Waals surface area (Å²) >= 11 is 12.0. The molecule has 0 aliphatic rings. The van der Waals surface area contributed by atoms with Gasteiger partial charge in [0, 0.05) is 15.6 Å². The number of methoxy groups -OCH3 is 1. The SMILES string of the molecule is COc1ccc(C(=O)c2nnn(-c3cc(Cl)cc(Cl)c3)c2C)cc1. The van der Waals surface area contributed by atoms with Crippen molar-refractivity contribution in [1.29, 1.82) is 0 Å². The van der Waals surface area contributed by atoms with E-state index >= 15 is 0 Å². The van der Waals surface area contributed by atoms with Crippen LogP contribution >= 0.6 is 23.2 Å². The van der Waals surface area contributed by atoms with Crippen molar-refractivity contribution in [3.63, 3.8) is 0 Å². The molecule has 0 aliphatic heterocycles. The number of aromatic nitrogens is 3. The molecule has 0 radical (unpaired) electrons. The normalized spacial score (nSPS) is 10.7. The molecule has 0 saturated heterocycles. The Kier molecular flexibility index (Phi) is 4.55. The second-order valence-corrected chi connectivity index (χ2v) is 5.99. The lowest BCUT2D eigenvalue weighted by molar-refractivity contribution is 0.103. The molecule has 2 aromatic carbocycles. The Morgan fingerprint density at radius 3 is 2.29 bits per heavy atom. The molecule has 0 bridgehead atoms. The highest BCUT2D eigenvalue weighted by Gasteiger charge is 2.19. The van der Waals surface area contributed by atoms with Crippen LogP contribution in [0.2, 0.25) is 10.0 Å².